The summed E-state index contributed by atoms with van der Waals surface area (Å²) < 4.78 is 2.17. The van der Waals surface area contributed by atoms with Gasteiger partial charge in [0.25, 0.3) is 0 Å². The van der Waals surface area contributed by atoms with Crippen molar-refractivity contribution in [3.8, 4) is 0 Å². The topological polar surface area (TPSA) is 80.0 Å². The first kappa shape index (κ1) is 24.9. The highest BCUT2D eigenvalue weighted by molar-refractivity contribution is 9.10. The van der Waals surface area contributed by atoms with Crippen molar-refractivity contribution in [2.45, 2.75) is 12.8 Å². The molecule has 1 aromatic heterocycles. The van der Waals surface area contributed by atoms with Crippen LogP contribution in [0.4, 0.5) is 10.5 Å². The van der Waals surface area contributed by atoms with Gasteiger partial charge in [0.1, 0.15) is 0 Å². The van der Waals surface area contributed by atoms with Crippen LogP contribution in [0.2, 0.25) is 0 Å². The van der Waals surface area contributed by atoms with Gasteiger partial charge in [-0.2, -0.15) is 0 Å². The van der Waals surface area contributed by atoms with E-state index in [1.807, 2.05) is 54.6 Å². The number of nitrogens with two attached hydrogens (primary N) is 1. The van der Waals surface area contributed by atoms with Crippen LogP contribution in [-0.4, -0.2) is 24.1 Å². The summed E-state index contributed by atoms with van der Waals surface area (Å²) in [7, 11) is 0. The van der Waals surface area contributed by atoms with Crippen LogP contribution in [0.3, 0.4) is 0 Å². The third kappa shape index (κ3) is 8.28. The maximum atomic E-state index is 12.1. The molecule has 0 aliphatic heterocycles. The molecule has 0 atom stereocenters. The van der Waals surface area contributed by atoms with E-state index in [-0.39, 0.29) is 6.03 Å². The quantitative estimate of drug-likeness (QED) is 0.254. The maximum absolute atomic E-state index is 12.1. The first-order valence-electron chi connectivity index (χ1n) is 10.6. The highest BCUT2D eigenvalue weighted by atomic mass is 79.9. The number of carbonyl (C=O) groups is 1. The van der Waals surface area contributed by atoms with E-state index < -0.39 is 0 Å². The molecule has 0 radical (unpaired) electrons. The predicted molar refractivity (Wildman–Crippen MR) is 144 cm³/mol. The van der Waals surface area contributed by atoms with E-state index in [9.17, 15) is 4.79 Å². The van der Waals surface area contributed by atoms with Gasteiger partial charge in [-0.25, -0.2) is 4.79 Å². The zero-order valence-corrected chi connectivity index (χ0v) is 21.3. The summed E-state index contributed by atoms with van der Waals surface area (Å²) in [5.41, 5.74) is 8.64. The lowest BCUT2D eigenvalue weighted by molar-refractivity contribution is 0.252. The molecule has 3 aromatic carbocycles. The van der Waals surface area contributed by atoms with Gasteiger partial charge in [-0.1, -0.05) is 68.3 Å². The number of nitrogens with zero attached hydrogens (tertiary/aromatic N) is 1. The number of aromatic nitrogens is 1. The van der Waals surface area contributed by atoms with Crippen molar-refractivity contribution in [1.82, 2.24) is 10.3 Å². The molecule has 4 aromatic rings. The SMILES string of the molecule is NCCc1cccc(Br)c1.O=C(NCCc1cccc(Br)c1)Nc1cccc2cnccc12. The lowest BCUT2D eigenvalue weighted by Crippen LogP contribution is -2.30. The van der Waals surface area contributed by atoms with Crippen molar-refractivity contribution >= 4 is 54.4 Å². The number of benzene rings is 3. The Balaban J connectivity index is 0.000000257. The van der Waals surface area contributed by atoms with Crippen LogP contribution >= 0.6 is 31.9 Å². The van der Waals surface area contributed by atoms with Crippen LogP contribution in [0, 0.1) is 0 Å². The molecule has 0 bridgehead atoms. The summed E-state index contributed by atoms with van der Waals surface area (Å²) in [6.45, 7) is 1.30. The van der Waals surface area contributed by atoms with Gasteiger partial charge in [0, 0.05) is 38.7 Å². The van der Waals surface area contributed by atoms with Gasteiger partial charge in [0.2, 0.25) is 0 Å². The number of hydrogen-bond acceptors (Lipinski definition) is 3. The molecule has 170 valence electrons. The van der Waals surface area contributed by atoms with Gasteiger partial charge in [-0.3, -0.25) is 4.98 Å². The molecule has 0 fully saturated rings. The molecular weight excluding hydrogens is 544 g/mol. The second kappa shape index (κ2) is 13.1. The molecule has 4 N–H and O–H groups in total. The number of nitrogens with one attached hydrogen (secondary N) is 2. The number of fused-ring (bicyclic) bond motifs is 1. The molecule has 0 aliphatic rings. The van der Waals surface area contributed by atoms with Crippen LogP contribution in [0.5, 0.6) is 0 Å². The van der Waals surface area contributed by atoms with E-state index >= 15 is 0 Å². The number of carbonyl (C=O) groups excluding carboxylic acids is 1. The van der Waals surface area contributed by atoms with E-state index in [1.165, 1.54) is 11.1 Å². The average Bonchev–Trinajstić information content (AvgIpc) is 2.80. The van der Waals surface area contributed by atoms with Crippen LogP contribution in [-0.2, 0) is 12.8 Å². The zero-order chi connectivity index (χ0) is 23.5. The second-order valence-corrected chi connectivity index (χ2v) is 9.16. The van der Waals surface area contributed by atoms with Crippen LogP contribution < -0.4 is 16.4 Å². The Morgan fingerprint density at radius 1 is 0.879 bits per heavy atom. The summed E-state index contributed by atoms with van der Waals surface area (Å²) in [5, 5.41) is 7.75. The van der Waals surface area contributed by atoms with Crippen molar-refractivity contribution in [2.24, 2.45) is 5.73 Å². The third-order valence-corrected chi connectivity index (χ3v) is 5.83. The lowest BCUT2D eigenvalue weighted by atomic mass is 10.1. The minimum Gasteiger partial charge on any atom is -0.338 e. The average molecular weight is 570 g/mol. The molecule has 4 rings (SSSR count). The summed E-state index contributed by atoms with van der Waals surface area (Å²) >= 11 is 6.84. The van der Waals surface area contributed by atoms with E-state index in [0.29, 0.717) is 6.54 Å². The Labute approximate surface area is 211 Å². The molecule has 0 spiro atoms. The smallest absolute Gasteiger partial charge is 0.319 e. The van der Waals surface area contributed by atoms with Gasteiger partial charge in [-0.05, 0) is 66.9 Å². The Kier molecular flexibility index (Phi) is 9.87. The van der Waals surface area contributed by atoms with Crippen molar-refractivity contribution < 1.29 is 4.79 Å². The monoisotopic (exact) mass is 568 g/mol. The molecule has 1 heterocycles. The molecule has 2 amide bonds. The largest absolute Gasteiger partial charge is 0.338 e. The molecule has 7 heteroatoms. The molecule has 0 unspecified atom stereocenters. The number of amides is 2. The first-order chi connectivity index (χ1) is 16.0. The van der Waals surface area contributed by atoms with Gasteiger partial charge < -0.3 is 16.4 Å². The number of anilines is 1. The standard InChI is InChI=1S/C18H16BrN3O.C8H10BrN/c19-15-5-1-3-13(11-15)7-10-21-18(23)22-17-6-2-4-14-12-20-9-8-16(14)17;9-8-3-1-2-7(6-8)4-5-10/h1-6,8-9,11-12H,7,10H2,(H2,21,22,23);1-3,6H,4-5,10H2. The Bertz CT molecular complexity index is 1190. The number of hydrogen-bond donors (Lipinski definition) is 3. The van der Waals surface area contributed by atoms with E-state index in [4.69, 9.17) is 5.73 Å². The zero-order valence-electron chi connectivity index (χ0n) is 18.1. The van der Waals surface area contributed by atoms with Gasteiger partial charge in [0.05, 0.1) is 5.69 Å². The van der Waals surface area contributed by atoms with Gasteiger partial charge in [-0.15, -0.1) is 0 Å². The normalized spacial score (nSPS) is 10.3. The molecular formula is C26H26Br2N4O. The highest BCUT2D eigenvalue weighted by Gasteiger charge is 2.05. The molecule has 33 heavy (non-hydrogen) atoms. The fraction of sp³-hybridized carbons (Fsp3) is 0.154. The summed E-state index contributed by atoms with van der Waals surface area (Å²) in [4.78, 5) is 16.2. The van der Waals surface area contributed by atoms with Crippen molar-refractivity contribution in [2.75, 3.05) is 18.4 Å². The second-order valence-electron chi connectivity index (χ2n) is 7.33. The molecule has 0 aliphatic carbocycles. The van der Waals surface area contributed by atoms with Crippen molar-refractivity contribution in [3.63, 3.8) is 0 Å². The van der Waals surface area contributed by atoms with Crippen LogP contribution in [0.1, 0.15) is 11.1 Å². The fourth-order valence-corrected chi connectivity index (χ4v) is 4.16. The van der Waals surface area contributed by atoms with E-state index in [2.05, 4.69) is 65.7 Å². The Morgan fingerprint density at radius 2 is 1.55 bits per heavy atom. The minimum atomic E-state index is -0.204. The van der Waals surface area contributed by atoms with Crippen LogP contribution in [0.15, 0.2) is 94.1 Å². The predicted octanol–water partition coefficient (Wildman–Crippen LogP) is 6.31. The van der Waals surface area contributed by atoms with Gasteiger partial charge >= 0.3 is 6.03 Å². The summed E-state index contributed by atoms with van der Waals surface area (Å²) in [5.74, 6) is 0. The lowest BCUT2D eigenvalue weighted by Gasteiger charge is -2.10. The van der Waals surface area contributed by atoms with Crippen LogP contribution in [0.25, 0.3) is 10.8 Å². The number of halogens is 2. The minimum absolute atomic E-state index is 0.204. The fourth-order valence-electron chi connectivity index (χ4n) is 3.27. The van der Waals surface area contributed by atoms with E-state index in [0.717, 1.165) is 44.8 Å². The number of pyridine rings is 1. The number of urea groups is 1. The number of rotatable bonds is 6. The first-order valence-corrected chi connectivity index (χ1v) is 12.2. The van der Waals surface area contributed by atoms with Crippen molar-refractivity contribution in [1.29, 1.82) is 0 Å². The Morgan fingerprint density at radius 3 is 2.21 bits per heavy atom. The molecule has 0 saturated carbocycles. The maximum Gasteiger partial charge on any atom is 0.319 e. The molecule has 0 saturated heterocycles. The summed E-state index contributed by atoms with van der Waals surface area (Å²) in [6.07, 6.45) is 5.25. The van der Waals surface area contributed by atoms with Crippen molar-refractivity contribution in [3.05, 3.63) is 105 Å². The van der Waals surface area contributed by atoms with E-state index in [1.54, 1.807) is 12.4 Å². The third-order valence-electron chi connectivity index (χ3n) is 4.84. The highest BCUT2D eigenvalue weighted by Crippen LogP contribution is 2.22. The summed E-state index contributed by atoms with van der Waals surface area (Å²) in [6, 6.07) is 23.7. The Hall–Kier alpha value is -2.74. The van der Waals surface area contributed by atoms with Gasteiger partial charge in [0.15, 0.2) is 0 Å². The molecule has 5 nitrogen and oxygen atoms in total.